The van der Waals surface area contributed by atoms with Gasteiger partial charge in [0, 0.05) is 11.1 Å². The van der Waals surface area contributed by atoms with Crippen LogP contribution in [0.1, 0.15) is 43.5 Å². The molecular weight excluding hydrogens is 208 g/mol. The average molecular weight is 224 g/mol. The van der Waals surface area contributed by atoms with Crippen molar-refractivity contribution in [1.29, 1.82) is 5.26 Å². The molecule has 1 aromatic heterocycles. The first-order valence-corrected chi connectivity index (χ1v) is 5.99. The molecule has 2 aromatic rings. The molecular formula is C15H16N2. The van der Waals surface area contributed by atoms with Crippen molar-refractivity contribution >= 4 is 10.9 Å². The van der Waals surface area contributed by atoms with Crippen molar-refractivity contribution in [2.75, 3.05) is 0 Å². The van der Waals surface area contributed by atoms with Gasteiger partial charge in [-0.3, -0.25) is 4.98 Å². The Morgan fingerprint density at radius 1 is 1.29 bits per heavy atom. The maximum atomic E-state index is 8.96. The quantitative estimate of drug-likeness (QED) is 0.778. The van der Waals surface area contributed by atoms with Crippen molar-refractivity contribution in [1.82, 2.24) is 4.98 Å². The van der Waals surface area contributed by atoms with Crippen LogP contribution in [0.25, 0.3) is 10.9 Å². The van der Waals surface area contributed by atoms with E-state index in [1.165, 1.54) is 5.56 Å². The largest absolute Gasteiger partial charge is 0.253 e. The first kappa shape index (κ1) is 11.6. The van der Waals surface area contributed by atoms with Gasteiger partial charge in [0.2, 0.25) is 0 Å². The fourth-order valence-electron chi connectivity index (χ4n) is 2.04. The average Bonchev–Trinajstić information content (AvgIpc) is 2.36. The van der Waals surface area contributed by atoms with Crippen LogP contribution in [0, 0.1) is 11.3 Å². The summed E-state index contributed by atoms with van der Waals surface area (Å²) in [5.41, 5.74) is 4.09. The Bertz CT molecular complexity index is 592. The molecule has 0 atom stereocenters. The van der Waals surface area contributed by atoms with Crippen LogP contribution >= 0.6 is 0 Å². The first-order chi connectivity index (χ1) is 8.15. The lowest BCUT2D eigenvalue weighted by atomic mass is 9.96. The second-order valence-electron chi connectivity index (χ2n) is 4.55. The maximum Gasteiger partial charge on any atom is 0.0991 e. The molecule has 0 fully saturated rings. The predicted octanol–water partition coefficient (Wildman–Crippen LogP) is 3.79. The highest BCUT2D eigenvalue weighted by atomic mass is 14.7. The zero-order chi connectivity index (χ0) is 12.4. The van der Waals surface area contributed by atoms with Gasteiger partial charge in [-0.1, -0.05) is 20.8 Å². The van der Waals surface area contributed by atoms with Gasteiger partial charge in [0.15, 0.2) is 0 Å². The number of aryl methyl sites for hydroxylation is 1. The number of aromatic nitrogens is 1. The van der Waals surface area contributed by atoms with Crippen LogP contribution in [0.15, 0.2) is 24.3 Å². The molecule has 0 unspecified atom stereocenters. The molecule has 2 rings (SSSR count). The number of nitriles is 1. The van der Waals surface area contributed by atoms with Gasteiger partial charge in [-0.05, 0) is 42.2 Å². The standard InChI is InChI=1S/C15H16N2/c1-4-12-8-13(10(2)3)14-7-11(9-16)5-6-15(14)17-12/h5-8,10H,4H2,1-3H3. The molecule has 2 nitrogen and oxygen atoms in total. The maximum absolute atomic E-state index is 8.96. The second kappa shape index (κ2) is 4.55. The zero-order valence-electron chi connectivity index (χ0n) is 10.5. The van der Waals surface area contributed by atoms with E-state index in [0.29, 0.717) is 11.5 Å². The third-order valence-electron chi connectivity index (χ3n) is 3.01. The van der Waals surface area contributed by atoms with Crippen LogP contribution in [0.5, 0.6) is 0 Å². The topological polar surface area (TPSA) is 36.7 Å². The molecule has 0 radical (unpaired) electrons. The van der Waals surface area contributed by atoms with Gasteiger partial charge in [0.25, 0.3) is 0 Å². The van der Waals surface area contributed by atoms with Crippen molar-refractivity contribution in [3.05, 3.63) is 41.1 Å². The molecule has 0 bridgehead atoms. The van der Waals surface area contributed by atoms with Gasteiger partial charge in [0.1, 0.15) is 0 Å². The summed E-state index contributed by atoms with van der Waals surface area (Å²) in [7, 11) is 0. The molecule has 86 valence electrons. The van der Waals surface area contributed by atoms with E-state index in [9.17, 15) is 0 Å². The Balaban J connectivity index is 2.78. The third-order valence-corrected chi connectivity index (χ3v) is 3.01. The van der Waals surface area contributed by atoms with Gasteiger partial charge in [-0.15, -0.1) is 0 Å². The minimum Gasteiger partial charge on any atom is -0.253 e. The molecule has 0 aliphatic rings. The van der Waals surface area contributed by atoms with Gasteiger partial charge < -0.3 is 0 Å². The number of hydrogen-bond donors (Lipinski definition) is 0. The molecule has 1 heterocycles. The molecule has 0 amide bonds. The van der Waals surface area contributed by atoms with Crippen molar-refractivity contribution < 1.29 is 0 Å². The predicted molar refractivity (Wildman–Crippen MR) is 69.9 cm³/mol. The van der Waals surface area contributed by atoms with Crippen LogP contribution in [0.3, 0.4) is 0 Å². The number of nitrogens with zero attached hydrogens (tertiary/aromatic N) is 2. The highest BCUT2D eigenvalue weighted by molar-refractivity contribution is 5.84. The summed E-state index contributed by atoms with van der Waals surface area (Å²) in [4.78, 5) is 4.60. The van der Waals surface area contributed by atoms with Crippen LogP contribution in [-0.2, 0) is 6.42 Å². The summed E-state index contributed by atoms with van der Waals surface area (Å²) in [6, 6.07) is 10.1. The summed E-state index contributed by atoms with van der Waals surface area (Å²) < 4.78 is 0. The van der Waals surface area contributed by atoms with E-state index < -0.39 is 0 Å². The van der Waals surface area contributed by atoms with Crippen molar-refractivity contribution in [3.8, 4) is 6.07 Å². The Kier molecular flexibility index (Phi) is 3.10. The molecule has 2 heteroatoms. The molecule has 0 saturated heterocycles. The fraction of sp³-hybridized carbons (Fsp3) is 0.333. The zero-order valence-corrected chi connectivity index (χ0v) is 10.5. The van der Waals surface area contributed by atoms with Gasteiger partial charge >= 0.3 is 0 Å². The Hall–Kier alpha value is -1.88. The third kappa shape index (κ3) is 2.14. The van der Waals surface area contributed by atoms with E-state index in [0.717, 1.165) is 23.0 Å². The molecule has 0 saturated carbocycles. The van der Waals surface area contributed by atoms with E-state index in [1.807, 2.05) is 18.2 Å². The molecule has 0 aliphatic carbocycles. The van der Waals surface area contributed by atoms with Crippen LogP contribution in [0.4, 0.5) is 0 Å². The lowest BCUT2D eigenvalue weighted by Gasteiger charge is -2.12. The van der Waals surface area contributed by atoms with Gasteiger partial charge in [0.05, 0.1) is 17.1 Å². The number of hydrogen-bond acceptors (Lipinski definition) is 2. The highest BCUT2D eigenvalue weighted by Crippen LogP contribution is 2.26. The van der Waals surface area contributed by atoms with Gasteiger partial charge in [-0.25, -0.2) is 0 Å². The molecule has 0 aliphatic heterocycles. The minimum atomic E-state index is 0.444. The van der Waals surface area contributed by atoms with Crippen molar-refractivity contribution in [2.45, 2.75) is 33.1 Å². The van der Waals surface area contributed by atoms with E-state index in [1.54, 1.807) is 0 Å². The summed E-state index contributed by atoms with van der Waals surface area (Å²) in [6.45, 7) is 6.46. The molecule has 0 spiro atoms. The molecule has 1 aromatic carbocycles. The lowest BCUT2D eigenvalue weighted by Crippen LogP contribution is -1.96. The Labute approximate surface area is 102 Å². The fourth-order valence-corrected chi connectivity index (χ4v) is 2.04. The highest BCUT2D eigenvalue weighted by Gasteiger charge is 2.09. The van der Waals surface area contributed by atoms with E-state index in [2.05, 4.69) is 37.9 Å². The van der Waals surface area contributed by atoms with Gasteiger partial charge in [-0.2, -0.15) is 5.26 Å². The van der Waals surface area contributed by atoms with Crippen molar-refractivity contribution in [3.63, 3.8) is 0 Å². The lowest BCUT2D eigenvalue weighted by molar-refractivity contribution is 0.867. The van der Waals surface area contributed by atoms with E-state index in [-0.39, 0.29) is 0 Å². The number of rotatable bonds is 2. The second-order valence-corrected chi connectivity index (χ2v) is 4.55. The monoisotopic (exact) mass is 224 g/mol. The number of fused-ring (bicyclic) bond motifs is 1. The smallest absolute Gasteiger partial charge is 0.0991 e. The molecule has 0 N–H and O–H groups in total. The Morgan fingerprint density at radius 2 is 2.06 bits per heavy atom. The minimum absolute atomic E-state index is 0.444. The number of pyridine rings is 1. The summed E-state index contributed by atoms with van der Waals surface area (Å²) in [6.07, 6.45) is 0.940. The van der Waals surface area contributed by atoms with E-state index >= 15 is 0 Å². The Morgan fingerprint density at radius 3 is 2.65 bits per heavy atom. The normalized spacial score (nSPS) is 10.8. The SMILES string of the molecule is CCc1cc(C(C)C)c2cc(C#N)ccc2n1. The van der Waals surface area contributed by atoms with E-state index in [4.69, 9.17) is 5.26 Å². The van der Waals surface area contributed by atoms with Crippen LogP contribution < -0.4 is 0 Å². The summed E-state index contributed by atoms with van der Waals surface area (Å²) in [5.74, 6) is 0.444. The number of benzene rings is 1. The van der Waals surface area contributed by atoms with Crippen LogP contribution in [-0.4, -0.2) is 4.98 Å². The molecule has 17 heavy (non-hydrogen) atoms. The first-order valence-electron chi connectivity index (χ1n) is 5.99. The van der Waals surface area contributed by atoms with Crippen molar-refractivity contribution in [2.24, 2.45) is 0 Å². The summed E-state index contributed by atoms with van der Waals surface area (Å²) >= 11 is 0. The van der Waals surface area contributed by atoms with Crippen LogP contribution in [0.2, 0.25) is 0 Å². The summed E-state index contributed by atoms with van der Waals surface area (Å²) in [5, 5.41) is 10.1.